The predicted octanol–water partition coefficient (Wildman–Crippen LogP) is -0.0247. The number of hydrogen-bond donors (Lipinski definition) is 3. The maximum absolute atomic E-state index is 9.32. The lowest BCUT2D eigenvalue weighted by Gasteiger charge is -2.21. The van der Waals surface area contributed by atoms with Crippen molar-refractivity contribution in [3.63, 3.8) is 0 Å². The Bertz CT molecular complexity index is 102. The van der Waals surface area contributed by atoms with Crippen molar-refractivity contribution < 1.29 is 10.2 Å². The van der Waals surface area contributed by atoms with Crippen LogP contribution in [0.1, 0.15) is 20.8 Å². The van der Waals surface area contributed by atoms with Crippen molar-refractivity contribution in [1.82, 2.24) is 5.32 Å². The SMILES string of the molecule is CC(C)CNCC(C)(O)CO. The molecule has 0 radical (unpaired) electrons. The van der Waals surface area contributed by atoms with Crippen molar-refractivity contribution in [3.8, 4) is 0 Å². The first-order valence-electron chi connectivity index (χ1n) is 4.02. The summed E-state index contributed by atoms with van der Waals surface area (Å²) in [6, 6.07) is 0. The number of aliphatic hydroxyl groups excluding tert-OH is 1. The van der Waals surface area contributed by atoms with E-state index in [0.717, 1.165) is 6.54 Å². The molecule has 68 valence electrons. The Morgan fingerprint density at radius 1 is 1.45 bits per heavy atom. The molecule has 0 spiro atoms. The zero-order chi connectivity index (χ0) is 8.91. The maximum atomic E-state index is 9.32. The van der Waals surface area contributed by atoms with E-state index in [4.69, 9.17) is 5.11 Å². The monoisotopic (exact) mass is 161 g/mol. The average Bonchev–Trinajstić information content (AvgIpc) is 1.87. The van der Waals surface area contributed by atoms with Gasteiger partial charge in [-0.1, -0.05) is 13.8 Å². The minimum atomic E-state index is -0.977. The number of aliphatic hydroxyl groups is 2. The van der Waals surface area contributed by atoms with Crippen molar-refractivity contribution in [2.24, 2.45) is 5.92 Å². The third kappa shape index (κ3) is 6.28. The van der Waals surface area contributed by atoms with Gasteiger partial charge in [-0.25, -0.2) is 0 Å². The van der Waals surface area contributed by atoms with Crippen LogP contribution in [0.15, 0.2) is 0 Å². The average molecular weight is 161 g/mol. The molecule has 1 unspecified atom stereocenters. The highest BCUT2D eigenvalue weighted by Gasteiger charge is 2.17. The molecular formula is C8H19NO2. The van der Waals surface area contributed by atoms with E-state index in [-0.39, 0.29) is 6.61 Å². The first-order chi connectivity index (χ1) is 4.98. The van der Waals surface area contributed by atoms with Crippen LogP contribution in [0.4, 0.5) is 0 Å². The van der Waals surface area contributed by atoms with E-state index in [0.29, 0.717) is 12.5 Å². The summed E-state index contributed by atoms with van der Waals surface area (Å²) < 4.78 is 0. The van der Waals surface area contributed by atoms with Crippen LogP contribution in [-0.4, -0.2) is 35.5 Å². The standard InChI is InChI=1S/C8H19NO2/c1-7(2)4-9-5-8(3,11)6-10/h7,9-11H,4-6H2,1-3H3. The first kappa shape index (κ1) is 10.9. The summed E-state index contributed by atoms with van der Waals surface area (Å²) in [6.45, 7) is 6.93. The minimum absolute atomic E-state index is 0.196. The fraction of sp³-hybridized carbons (Fsp3) is 1.00. The van der Waals surface area contributed by atoms with Gasteiger partial charge in [0.15, 0.2) is 0 Å². The number of hydrogen-bond acceptors (Lipinski definition) is 3. The van der Waals surface area contributed by atoms with Crippen LogP contribution < -0.4 is 5.32 Å². The summed E-state index contributed by atoms with van der Waals surface area (Å²) in [5.41, 5.74) is -0.977. The van der Waals surface area contributed by atoms with Gasteiger partial charge in [0.1, 0.15) is 0 Å². The van der Waals surface area contributed by atoms with Gasteiger partial charge in [-0.2, -0.15) is 0 Å². The van der Waals surface area contributed by atoms with E-state index in [9.17, 15) is 5.11 Å². The molecule has 3 N–H and O–H groups in total. The van der Waals surface area contributed by atoms with Gasteiger partial charge in [0.05, 0.1) is 12.2 Å². The molecule has 0 rings (SSSR count). The first-order valence-corrected chi connectivity index (χ1v) is 4.02. The molecule has 0 fully saturated rings. The van der Waals surface area contributed by atoms with Crippen LogP contribution in [0.3, 0.4) is 0 Å². The Morgan fingerprint density at radius 3 is 2.36 bits per heavy atom. The second kappa shape index (κ2) is 4.70. The summed E-state index contributed by atoms with van der Waals surface area (Å²) in [5.74, 6) is 0.574. The molecule has 0 saturated heterocycles. The fourth-order valence-corrected chi connectivity index (χ4v) is 0.686. The van der Waals surface area contributed by atoms with Crippen molar-refractivity contribution in [2.45, 2.75) is 26.4 Å². The summed E-state index contributed by atoms with van der Waals surface area (Å²) in [7, 11) is 0. The van der Waals surface area contributed by atoms with E-state index in [1.54, 1.807) is 6.92 Å². The molecule has 0 aromatic carbocycles. The molecule has 0 bridgehead atoms. The van der Waals surface area contributed by atoms with Gasteiger partial charge in [0, 0.05) is 6.54 Å². The van der Waals surface area contributed by atoms with Crippen molar-refractivity contribution in [2.75, 3.05) is 19.7 Å². The molecule has 0 aromatic rings. The summed E-state index contributed by atoms with van der Waals surface area (Å²) >= 11 is 0. The molecule has 0 heterocycles. The normalized spacial score (nSPS) is 16.9. The van der Waals surface area contributed by atoms with E-state index < -0.39 is 5.60 Å². The van der Waals surface area contributed by atoms with Gasteiger partial charge >= 0.3 is 0 Å². The third-order valence-electron chi connectivity index (χ3n) is 1.40. The predicted molar refractivity (Wildman–Crippen MR) is 45.4 cm³/mol. The Morgan fingerprint density at radius 2 is 2.00 bits per heavy atom. The molecule has 0 aliphatic carbocycles. The van der Waals surface area contributed by atoms with Crippen LogP contribution in [0.2, 0.25) is 0 Å². The zero-order valence-corrected chi connectivity index (χ0v) is 7.59. The van der Waals surface area contributed by atoms with Crippen LogP contribution in [0.5, 0.6) is 0 Å². The smallest absolute Gasteiger partial charge is 0.0972 e. The molecule has 3 nitrogen and oxygen atoms in total. The lowest BCUT2D eigenvalue weighted by molar-refractivity contribution is 0.00245. The molecular weight excluding hydrogens is 142 g/mol. The highest BCUT2D eigenvalue weighted by atomic mass is 16.3. The molecule has 11 heavy (non-hydrogen) atoms. The second-order valence-corrected chi connectivity index (χ2v) is 3.68. The van der Waals surface area contributed by atoms with Crippen LogP contribution in [0.25, 0.3) is 0 Å². The van der Waals surface area contributed by atoms with Crippen LogP contribution >= 0.6 is 0 Å². The molecule has 3 heteroatoms. The molecule has 0 aliphatic rings. The second-order valence-electron chi connectivity index (χ2n) is 3.68. The van der Waals surface area contributed by atoms with Gasteiger partial charge in [0.2, 0.25) is 0 Å². The lowest BCUT2D eigenvalue weighted by atomic mass is 10.1. The summed E-state index contributed by atoms with van der Waals surface area (Å²) in [4.78, 5) is 0. The third-order valence-corrected chi connectivity index (χ3v) is 1.40. The van der Waals surface area contributed by atoms with Gasteiger partial charge in [-0.05, 0) is 19.4 Å². The van der Waals surface area contributed by atoms with Crippen molar-refractivity contribution >= 4 is 0 Å². The van der Waals surface area contributed by atoms with E-state index in [1.807, 2.05) is 0 Å². The summed E-state index contributed by atoms with van der Waals surface area (Å²) in [5, 5.41) is 21.1. The Hall–Kier alpha value is -0.120. The quantitative estimate of drug-likeness (QED) is 0.531. The summed E-state index contributed by atoms with van der Waals surface area (Å²) in [6.07, 6.45) is 0. The van der Waals surface area contributed by atoms with Crippen molar-refractivity contribution in [3.05, 3.63) is 0 Å². The van der Waals surface area contributed by atoms with Gasteiger partial charge in [-0.3, -0.25) is 0 Å². The van der Waals surface area contributed by atoms with Crippen LogP contribution in [0, 0.1) is 5.92 Å². The zero-order valence-electron chi connectivity index (χ0n) is 7.59. The lowest BCUT2D eigenvalue weighted by Crippen LogP contribution is -2.41. The van der Waals surface area contributed by atoms with Gasteiger partial charge in [-0.15, -0.1) is 0 Å². The van der Waals surface area contributed by atoms with Gasteiger partial charge < -0.3 is 15.5 Å². The molecule has 0 saturated carbocycles. The Balaban J connectivity index is 3.38. The molecule has 0 amide bonds. The van der Waals surface area contributed by atoms with E-state index in [1.165, 1.54) is 0 Å². The Labute approximate surface area is 68.4 Å². The number of nitrogens with one attached hydrogen (secondary N) is 1. The highest BCUT2D eigenvalue weighted by Crippen LogP contribution is 1.98. The largest absolute Gasteiger partial charge is 0.393 e. The van der Waals surface area contributed by atoms with Gasteiger partial charge in [0.25, 0.3) is 0 Å². The highest BCUT2D eigenvalue weighted by molar-refractivity contribution is 4.73. The topological polar surface area (TPSA) is 52.5 Å². The molecule has 0 aromatic heterocycles. The Kier molecular flexibility index (Phi) is 4.65. The maximum Gasteiger partial charge on any atom is 0.0972 e. The molecule has 0 aliphatic heterocycles. The van der Waals surface area contributed by atoms with Crippen LogP contribution in [-0.2, 0) is 0 Å². The number of rotatable bonds is 5. The van der Waals surface area contributed by atoms with Crippen molar-refractivity contribution in [1.29, 1.82) is 0 Å². The van der Waals surface area contributed by atoms with E-state index >= 15 is 0 Å². The minimum Gasteiger partial charge on any atom is -0.393 e. The van der Waals surface area contributed by atoms with E-state index in [2.05, 4.69) is 19.2 Å². The molecule has 1 atom stereocenters. The fourth-order valence-electron chi connectivity index (χ4n) is 0.686.